The van der Waals surface area contributed by atoms with Crippen molar-refractivity contribution in [3.63, 3.8) is 0 Å². The van der Waals surface area contributed by atoms with Crippen LogP contribution in [0.2, 0.25) is 5.28 Å². The Hall–Kier alpha value is -0.740. The summed E-state index contributed by atoms with van der Waals surface area (Å²) in [5.74, 6) is -0.320. The highest BCUT2D eigenvalue weighted by Gasteiger charge is 2.04. The van der Waals surface area contributed by atoms with Crippen molar-refractivity contribution in [2.75, 3.05) is 0 Å². The van der Waals surface area contributed by atoms with Crippen molar-refractivity contribution in [1.82, 2.24) is 9.97 Å². The van der Waals surface area contributed by atoms with E-state index in [1.165, 1.54) is 12.1 Å². The average molecular weight is 261 g/mol. The third-order valence-corrected chi connectivity index (χ3v) is 2.36. The van der Waals surface area contributed by atoms with Crippen molar-refractivity contribution in [1.29, 1.82) is 0 Å². The molecule has 1 aromatic carbocycles. The predicted molar refractivity (Wildman–Crippen MR) is 52.2 cm³/mol. The Labute approximate surface area is 86.9 Å². The fourth-order valence-corrected chi connectivity index (χ4v) is 1.80. The minimum absolute atomic E-state index is 0.144. The zero-order valence-corrected chi connectivity index (χ0v) is 8.60. The van der Waals surface area contributed by atoms with Crippen molar-refractivity contribution >= 4 is 38.4 Å². The topological polar surface area (TPSA) is 25.8 Å². The summed E-state index contributed by atoms with van der Waals surface area (Å²) in [6, 6.07) is 4.25. The zero-order valence-electron chi connectivity index (χ0n) is 6.26. The summed E-state index contributed by atoms with van der Waals surface area (Å²) in [6.07, 6.45) is 0. The molecule has 13 heavy (non-hydrogen) atoms. The first-order valence-corrected chi connectivity index (χ1v) is 4.62. The first-order valence-electron chi connectivity index (χ1n) is 3.45. The number of hydrogen-bond donors (Lipinski definition) is 0. The van der Waals surface area contributed by atoms with Crippen molar-refractivity contribution in [3.05, 3.63) is 33.9 Å². The lowest BCUT2D eigenvalue weighted by Gasteiger charge is -1.99. The van der Waals surface area contributed by atoms with E-state index in [0.717, 1.165) is 0 Å². The maximum Gasteiger partial charge on any atom is 0.224 e. The fourth-order valence-electron chi connectivity index (χ4n) is 1.04. The van der Waals surface area contributed by atoms with Crippen LogP contribution in [-0.4, -0.2) is 9.97 Å². The van der Waals surface area contributed by atoms with Crippen LogP contribution in [0.4, 0.5) is 4.39 Å². The van der Waals surface area contributed by atoms with Crippen LogP contribution in [0.3, 0.4) is 0 Å². The molecule has 0 fully saturated rings. The third kappa shape index (κ3) is 1.64. The second kappa shape index (κ2) is 3.20. The molecule has 0 atom stereocenters. The summed E-state index contributed by atoms with van der Waals surface area (Å²) in [5.41, 5.74) is 0.619. The molecular formula is C8H3BrClFN2. The summed E-state index contributed by atoms with van der Waals surface area (Å²) < 4.78 is 13.3. The maximum absolute atomic E-state index is 12.8. The van der Waals surface area contributed by atoms with Gasteiger partial charge in [-0.25, -0.2) is 14.4 Å². The second-order valence-electron chi connectivity index (χ2n) is 2.44. The standard InChI is InChI=1S/C8H3BrClFN2/c9-7-5-3-4(11)1-2-6(5)12-8(10)13-7/h1-3H. The Morgan fingerprint density at radius 3 is 2.85 bits per heavy atom. The lowest BCUT2D eigenvalue weighted by Crippen LogP contribution is -1.87. The number of aromatic nitrogens is 2. The molecule has 0 aliphatic heterocycles. The SMILES string of the molecule is Fc1ccc2nc(Cl)nc(Br)c2c1. The van der Waals surface area contributed by atoms with E-state index in [1.54, 1.807) is 6.07 Å². The summed E-state index contributed by atoms with van der Waals surface area (Å²) >= 11 is 8.80. The van der Waals surface area contributed by atoms with Crippen LogP contribution in [0, 0.1) is 5.82 Å². The Morgan fingerprint density at radius 1 is 1.31 bits per heavy atom. The number of nitrogens with zero attached hydrogens (tertiary/aromatic N) is 2. The van der Waals surface area contributed by atoms with Crippen LogP contribution in [-0.2, 0) is 0 Å². The van der Waals surface area contributed by atoms with Crippen molar-refractivity contribution in [2.24, 2.45) is 0 Å². The van der Waals surface area contributed by atoms with Crippen molar-refractivity contribution in [3.8, 4) is 0 Å². The van der Waals surface area contributed by atoms with E-state index < -0.39 is 0 Å². The molecule has 0 amide bonds. The van der Waals surface area contributed by atoms with Gasteiger partial charge in [-0.3, -0.25) is 0 Å². The molecule has 0 bridgehead atoms. The molecule has 2 aromatic rings. The minimum Gasteiger partial charge on any atom is -0.218 e. The van der Waals surface area contributed by atoms with Gasteiger partial charge in [0.15, 0.2) is 0 Å². The molecule has 2 nitrogen and oxygen atoms in total. The number of benzene rings is 1. The molecule has 2 rings (SSSR count). The molecule has 66 valence electrons. The molecule has 0 unspecified atom stereocenters. The quantitative estimate of drug-likeness (QED) is 0.538. The molecule has 0 spiro atoms. The minimum atomic E-state index is -0.320. The summed E-state index contributed by atoms with van der Waals surface area (Å²) in [5, 5.41) is 0.760. The number of rotatable bonds is 0. The molecular weight excluding hydrogens is 258 g/mol. The van der Waals surface area contributed by atoms with Gasteiger partial charge in [0.05, 0.1) is 5.52 Å². The Kier molecular flexibility index (Phi) is 2.17. The number of fused-ring (bicyclic) bond motifs is 1. The zero-order chi connectivity index (χ0) is 9.42. The highest BCUT2D eigenvalue weighted by atomic mass is 79.9. The Morgan fingerprint density at radius 2 is 2.08 bits per heavy atom. The van der Waals surface area contributed by atoms with Gasteiger partial charge in [-0.1, -0.05) is 0 Å². The van der Waals surface area contributed by atoms with Gasteiger partial charge in [0.2, 0.25) is 5.28 Å². The van der Waals surface area contributed by atoms with Gasteiger partial charge in [0.25, 0.3) is 0 Å². The van der Waals surface area contributed by atoms with Gasteiger partial charge in [0, 0.05) is 5.39 Å². The van der Waals surface area contributed by atoms with Crippen molar-refractivity contribution < 1.29 is 4.39 Å². The van der Waals surface area contributed by atoms with Crippen LogP contribution in [0.5, 0.6) is 0 Å². The average Bonchev–Trinajstić information content (AvgIpc) is 2.06. The molecule has 5 heteroatoms. The first-order chi connectivity index (χ1) is 6.16. The molecule has 1 heterocycles. The monoisotopic (exact) mass is 260 g/mol. The van der Waals surface area contributed by atoms with Gasteiger partial charge in [-0.15, -0.1) is 0 Å². The smallest absolute Gasteiger partial charge is 0.218 e. The third-order valence-electron chi connectivity index (χ3n) is 1.58. The summed E-state index contributed by atoms with van der Waals surface area (Å²) in [4.78, 5) is 7.78. The second-order valence-corrected chi connectivity index (χ2v) is 3.53. The van der Waals surface area contributed by atoms with E-state index >= 15 is 0 Å². The molecule has 0 saturated carbocycles. The van der Waals surface area contributed by atoms with Crippen LogP contribution in [0.1, 0.15) is 0 Å². The molecule has 0 N–H and O–H groups in total. The van der Waals surface area contributed by atoms with E-state index in [0.29, 0.717) is 15.5 Å². The number of hydrogen-bond acceptors (Lipinski definition) is 2. The van der Waals surface area contributed by atoms with Gasteiger partial charge in [0.1, 0.15) is 10.4 Å². The van der Waals surface area contributed by atoms with Crippen LogP contribution in [0.15, 0.2) is 22.8 Å². The van der Waals surface area contributed by atoms with Gasteiger partial charge >= 0.3 is 0 Å². The predicted octanol–water partition coefficient (Wildman–Crippen LogP) is 3.18. The lowest BCUT2D eigenvalue weighted by atomic mass is 10.2. The van der Waals surface area contributed by atoms with E-state index in [2.05, 4.69) is 25.9 Å². The van der Waals surface area contributed by atoms with E-state index in [9.17, 15) is 4.39 Å². The van der Waals surface area contributed by atoms with Gasteiger partial charge in [-0.05, 0) is 45.7 Å². The Bertz CT molecular complexity index is 475. The van der Waals surface area contributed by atoms with Crippen molar-refractivity contribution in [2.45, 2.75) is 0 Å². The summed E-state index contributed by atoms with van der Waals surface area (Å²) in [6.45, 7) is 0. The molecule has 1 aromatic heterocycles. The van der Waals surface area contributed by atoms with E-state index in [-0.39, 0.29) is 11.1 Å². The fraction of sp³-hybridized carbons (Fsp3) is 0. The van der Waals surface area contributed by atoms with Crippen LogP contribution in [0.25, 0.3) is 10.9 Å². The molecule has 0 aliphatic rings. The largest absolute Gasteiger partial charge is 0.224 e. The molecule has 0 saturated heterocycles. The molecule has 0 aliphatic carbocycles. The van der Waals surface area contributed by atoms with E-state index in [1.807, 2.05) is 0 Å². The highest BCUT2D eigenvalue weighted by Crippen LogP contribution is 2.22. The maximum atomic E-state index is 12.8. The first kappa shape index (κ1) is 8.84. The van der Waals surface area contributed by atoms with E-state index in [4.69, 9.17) is 11.6 Å². The lowest BCUT2D eigenvalue weighted by molar-refractivity contribution is 0.629. The van der Waals surface area contributed by atoms with Gasteiger partial charge < -0.3 is 0 Å². The van der Waals surface area contributed by atoms with Gasteiger partial charge in [-0.2, -0.15) is 0 Å². The normalized spacial score (nSPS) is 10.7. The molecule has 0 radical (unpaired) electrons. The Balaban J connectivity index is 2.87. The highest BCUT2D eigenvalue weighted by molar-refractivity contribution is 9.10. The van der Waals surface area contributed by atoms with Crippen LogP contribution < -0.4 is 0 Å². The number of halogens is 3. The summed E-state index contributed by atoms with van der Waals surface area (Å²) in [7, 11) is 0. The van der Waals surface area contributed by atoms with Crippen LogP contribution >= 0.6 is 27.5 Å².